The van der Waals surface area contributed by atoms with E-state index in [1.54, 1.807) is 29.8 Å². The van der Waals surface area contributed by atoms with Gasteiger partial charge >= 0.3 is 5.97 Å². The molecule has 3 N–H and O–H groups in total. The molecule has 8 heteroatoms. The lowest BCUT2D eigenvalue weighted by Gasteiger charge is -2.21. The zero-order chi connectivity index (χ0) is 20.1. The second-order valence-electron chi connectivity index (χ2n) is 6.78. The van der Waals surface area contributed by atoms with Gasteiger partial charge in [-0.3, -0.25) is 14.4 Å². The van der Waals surface area contributed by atoms with Gasteiger partial charge in [-0.2, -0.15) is 0 Å². The average Bonchev–Trinajstić information content (AvgIpc) is 2.91. The summed E-state index contributed by atoms with van der Waals surface area (Å²) in [7, 11) is 1.78. The highest BCUT2D eigenvalue weighted by Gasteiger charge is 2.25. The topological polar surface area (TPSA) is 100 Å². The van der Waals surface area contributed by atoms with E-state index in [9.17, 15) is 14.4 Å². The largest absolute Gasteiger partial charge is 0.481 e. The Bertz CT molecular complexity index is 860. The van der Waals surface area contributed by atoms with Gasteiger partial charge < -0.3 is 20.3 Å². The number of amides is 2. The molecule has 1 aromatic heterocycles. The highest BCUT2D eigenvalue weighted by Crippen LogP contribution is 2.22. The Labute approximate surface area is 162 Å². The summed E-state index contributed by atoms with van der Waals surface area (Å²) >= 11 is 6.01. The molecule has 1 heterocycles. The number of rotatable bonds is 8. The second-order valence-corrected chi connectivity index (χ2v) is 7.21. The number of hydrogen-bond acceptors (Lipinski definition) is 3. The molecule has 1 atom stereocenters. The summed E-state index contributed by atoms with van der Waals surface area (Å²) in [4.78, 5) is 35.7. The molecule has 0 aliphatic rings. The van der Waals surface area contributed by atoms with Crippen LogP contribution in [0.15, 0.2) is 24.3 Å². The van der Waals surface area contributed by atoms with Crippen molar-refractivity contribution < 1.29 is 19.5 Å². The van der Waals surface area contributed by atoms with Crippen molar-refractivity contribution in [2.75, 3.05) is 6.54 Å². The molecule has 0 saturated heterocycles. The van der Waals surface area contributed by atoms with E-state index < -0.39 is 12.0 Å². The molecular weight excluding hydrogens is 370 g/mol. The van der Waals surface area contributed by atoms with Crippen LogP contribution in [0.5, 0.6) is 0 Å². The third-order valence-electron chi connectivity index (χ3n) is 4.34. The first-order valence-corrected chi connectivity index (χ1v) is 9.14. The summed E-state index contributed by atoms with van der Waals surface area (Å²) in [6, 6.07) is 6.39. The number of benzene rings is 1. The van der Waals surface area contributed by atoms with Crippen molar-refractivity contribution in [3.05, 3.63) is 35.0 Å². The lowest BCUT2D eigenvalue weighted by molar-refractivity contribution is -0.137. The van der Waals surface area contributed by atoms with Crippen LogP contribution in [0.4, 0.5) is 0 Å². The number of carbonyl (C=O) groups is 3. The first-order chi connectivity index (χ1) is 12.7. The smallest absolute Gasteiger partial charge is 0.303 e. The highest BCUT2D eigenvalue weighted by molar-refractivity contribution is 6.31. The van der Waals surface area contributed by atoms with Gasteiger partial charge in [-0.05, 0) is 36.6 Å². The fraction of sp³-hybridized carbons (Fsp3) is 0.421. The Morgan fingerprint density at radius 1 is 1.22 bits per heavy atom. The summed E-state index contributed by atoms with van der Waals surface area (Å²) in [5.74, 6) is -1.72. The summed E-state index contributed by atoms with van der Waals surface area (Å²) in [6.45, 7) is 3.92. The Kier molecular flexibility index (Phi) is 6.85. The maximum Gasteiger partial charge on any atom is 0.303 e. The average molecular weight is 394 g/mol. The number of hydrogen-bond donors (Lipinski definition) is 3. The van der Waals surface area contributed by atoms with E-state index in [-0.39, 0.29) is 30.7 Å². The van der Waals surface area contributed by atoms with E-state index in [0.717, 1.165) is 10.9 Å². The zero-order valence-electron chi connectivity index (χ0n) is 15.6. The normalized spacial score (nSPS) is 12.2. The standard InChI is InChI=1S/C19H24ClN3O4/c1-11(2)17(19(27)21-8-4-5-16(24)25)22-18(26)15-10-12-9-13(20)6-7-14(12)23(15)3/h6-7,9-11,17H,4-5,8H2,1-3H3,(H,21,27)(H,22,26)(H,24,25). The van der Waals surface area contributed by atoms with Crippen LogP contribution in [0, 0.1) is 5.92 Å². The summed E-state index contributed by atoms with van der Waals surface area (Å²) < 4.78 is 1.75. The van der Waals surface area contributed by atoms with Crippen molar-refractivity contribution in [2.45, 2.75) is 32.7 Å². The molecule has 0 spiro atoms. The number of nitrogens with one attached hydrogen (secondary N) is 2. The minimum absolute atomic E-state index is 0.0164. The summed E-state index contributed by atoms with van der Waals surface area (Å²) in [5, 5.41) is 15.5. The number of aryl methyl sites for hydroxylation is 1. The van der Waals surface area contributed by atoms with E-state index >= 15 is 0 Å². The predicted molar refractivity (Wildman–Crippen MR) is 104 cm³/mol. The Hall–Kier alpha value is -2.54. The lowest BCUT2D eigenvalue weighted by atomic mass is 10.0. The SMILES string of the molecule is CC(C)C(NC(=O)c1cc2cc(Cl)ccc2n1C)C(=O)NCCCC(=O)O. The van der Waals surface area contributed by atoms with E-state index in [4.69, 9.17) is 16.7 Å². The zero-order valence-corrected chi connectivity index (χ0v) is 16.3. The fourth-order valence-corrected chi connectivity index (χ4v) is 3.03. The van der Waals surface area contributed by atoms with Crippen molar-refractivity contribution in [1.82, 2.24) is 15.2 Å². The number of halogens is 1. The summed E-state index contributed by atoms with van der Waals surface area (Å²) in [6.07, 6.45) is 0.321. The third kappa shape index (κ3) is 5.23. The van der Waals surface area contributed by atoms with Crippen LogP contribution in [0.3, 0.4) is 0 Å². The Morgan fingerprint density at radius 2 is 1.93 bits per heavy atom. The number of carboxylic acid groups (broad SMARTS) is 1. The van der Waals surface area contributed by atoms with Crippen molar-refractivity contribution in [3.63, 3.8) is 0 Å². The van der Waals surface area contributed by atoms with Crippen molar-refractivity contribution in [3.8, 4) is 0 Å². The van der Waals surface area contributed by atoms with Crippen LogP contribution in [0.1, 0.15) is 37.2 Å². The lowest BCUT2D eigenvalue weighted by Crippen LogP contribution is -2.50. The molecule has 0 aliphatic heterocycles. The number of carbonyl (C=O) groups excluding carboxylic acids is 2. The number of nitrogens with zero attached hydrogens (tertiary/aromatic N) is 1. The molecule has 0 radical (unpaired) electrons. The first kappa shape index (κ1) is 20.8. The minimum atomic E-state index is -0.908. The minimum Gasteiger partial charge on any atom is -0.481 e. The number of aliphatic carboxylic acids is 1. The highest BCUT2D eigenvalue weighted by atomic mass is 35.5. The fourth-order valence-electron chi connectivity index (χ4n) is 2.85. The van der Waals surface area contributed by atoms with Gasteiger partial charge in [-0.25, -0.2) is 0 Å². The molecule has 2 aromatic rings. The molecule has 27 heavy (non-hydrogen) atoms. The molecule has 1 aromatic carbocycles. The van der Waals surface area contributed by atoms with Crippen molar-refractivity contribution >= 4 is 40.3 Å². The van der Waals surface area contributed by atoms with E-state index in [1.807, 2.05) is 19.9 Å². The molecule has 0 bridgehead atoms. The van der Waals surface area contributed by atoms with E-state index in [0.29, 0.717) is 17.1 Å². The van der Waals surface area contributed by atoms with Gasteiger partial charge in [0.2, 0.25) is 5.91 Å². The van der Waals surface area contributed by atoms with Gasteiger partial charge in [0, 0.05) is 35.9 Å². The Morgan fingerprint density at radius 3 is 2.56 bits per heavy atom. The van der Waals surface area contributed by atoms with Gasteiger partial charge in [-0.1, -0.05) is 25.4 Å². The van der Waals surface area contributed by atoms with Crippen LogP contribution in [-0.2, 0) is 16.6 Å². The van der Waals surface area contributed by atoms with Crippen molar-refractivity contribution in [2.24, 2.45) is 13.0 Å². The summed E-state index contributed by atoms with van der Waals surface area (Å²) in [5.41, 5.74) is 1.29. The van der Waals surface area contributed by atoms with Gasteiger partial charge in [0.15, 0.2) is 0 Å². The molecule has 0 saturated carbocycles. The Balaban J connectivity index is 2.09. The molecule has 0 fully saturated rings. The van der Waals surface area contributed by atoms with Crippen LogP contribution in [0.2, 0.25) is 5.02 Å². The second kappa shape index (κ2) is 8.90. The first-order valence-electron chi connectivity index (χ1n) is 8.76. The predicted octanol–water partition coefficient (Wildman–Crippen LogP) is 2.57. The maximum absolute atomic E-state index is 12.7. The number of aromatic nitrogens is 1. The maximum atomic E-state index is 12.7. The number of fused-ring (bicyclic) bond motifs is 1. The quantitative estimate of drug-likeness (QED) is 0.600. The van der Waals surface area contributed by atoms with Crippen LogP contribution >= 0.6 is 11.6 Å². The van der Waals surface area contributed by atoms with Crippen LogP contribution in [0.25, 0.3) is 10.9 Å². The number of carboxylic acids is 1. The third-order valence-corrected chi connectivity index (χ3v) is 4.57. The van der Waals surface area contributed by atoms with Gasteiger partial charge in [0.05, 0.1) is 0 Å². The molecule has 2 amide bonds. The van der Waals surface area contributed by atoms with E-state index in [2.05, 4.69) is 10.6 Å². The van der Waals surface area contributed by atoms with Crippen LogP contribution < -0.4 is 10.6 Å². The molecule has 2 rings (SSSR count). The molecule has 7 nitrogen and oxygen atoms in total. The van der Waals surface area contributed by atoms with Gasteiger partial charge in [0.25, 0.3) is 5.91 Å². The molecule has 1 unspecified atom stereocenters. The van der Waals surface area contributed by atoms with Crippen molar-refractivity contribution in [1.29, 1.82) is 0 Å². The van der Waals surface area contributed by atoms with Gasteiger partial charge in [-0.15, -0.1) is 0 Å². The van der Waals surface area contributed by atoms with E-state index in [1.165, 1.54) is 0 Å². The monoisotopic (exact) mass is 393 g/mol. The van der Waals surface area contributed by atoms with Gasteiger partial charge in [0.1, 0.15) is 11.7 Å². The molecular formula is C19H24ClN3O4. The molecule has 146 valence electrons. The molecule has 0 aliphatic carbocycles. The van der Waals surface area contributed by atoms with Crippen LogP contribution in [-0.4, -0.2) is 40.0 Å².